The molecule has 3 nitrogen and oxygen atoms in total. The number of hydrogen-bond donors (Lipinski definition) is 1. The van der Waals surface area contributed by atoms with Gasteiger partial charge in [-0.1, -0.05) is 33.8 Å². The van der Waals surface area contributed by atoms with E-state index in [4.69, 9.17) is 15.2 Å². The highest BCUT2D eigenvalue weighted by Gasteiger charge is 2.15. The molecule has 0 aromatic heterocycles. The van der Waals surface area contributed by atoms with Crippen LogP contribution in [0.25, 0.3) is 0 Å². The second-order valence-corrected chi connectivity index (χ2v) is 5.26. The molecule has 0 fully saturated rings. The maximum Gasteiger partial charge on any atom is 0.161 e. The van der Waals surface area contributed by atoms with Crippen LogP contribution in [0.5, 0.6) is 11.5 Å². The van der Waals surface area contributed by atoms with E-state index in [1.54, 1.807) is 0 Å². The summed E-state index contributed by atoms with van der Waals surface area (Å²) in [7, 11) is 0. The van der Waals surface area contributed by atoms with E-state index >= 15 is 0 Å². The molecule has 20 heavy (non-hydrogen) atoms. The van der Waals surface area contributed by atoms with Crippen molar-refractivity contribution in [2.45, 2.75) is 58.9 Å². The van der Waals surface area contributed by atoms with Gasteiger partial charge in [0.1, 0.15) is 0 Å². The van der Waals surface area contributed by atoms with Crippen molar-refractivity contribution in [3.8, 4) is 11.5 Å². The first kappa shape index (κ1) is 16.8. The van der Waals surface area contributed by atoms with E-state index in [2.05, 4.69) is 39.8 Å². The summed E-state index contributed by atoms with van der Waals surface area (Å²) in [6.07, 6.45) is 2.95. The van der Waals surface area contributed by atoms with E-state index in [9.17, 15) is 0 Å². The van der Waals surface area contributed by atoms with Gasteiger partial charge in [0.25, 0.3) is 0 Å². The van der Waals surface area contributed by atoms with Crippen LogP contribution in [0.2, 0.25) is 0 Å². The van der Waals surface area contributed by atoms with E-state index < -0.39 is 0 Å². The predicted molar refractivity (Wildman–Crippen MR) is 84.7 cm³/mol. The molecule has 0 aliphatic carbocycles. The summed E-state index contributed by atoms with van der Waals surface area (Å²) in [5.41, 5.74) is 7.36. The smallest absolute Gasteiger partial charge is 0.161 e. The minimum Gasteiger partial charge on any atom is -0.490 e. The second-order valence-electron chi connectivity index (χ2n) is 5.26. The van der Waals surface area contributed by atoms with Gasteiger partial charge in [0.2, 0.25) is 0 Å². The Balaban J connectivity index is 2.93. The molecule has 3 heteroatoms. The summed E-state index contributed by atoms with van der Waals surface area (Å²) in [4.78, 5) is 0. The molecule has 0 radical (unpaired) electrons. The van der Waals surface area contributed by atoms with Crippen molar-refractivity contribution < 1.29 is 9.47 Å². The molecule has 1 aromatic rings. The molecule has 0 spiro atoms. The number of rotatable bonds is 9. The van der Waals surface area contributed by atoms with Gasteiger partial charge in [-0.3, -0.25) is 0 Å². The number of ether oxygens (including phenoxy) is 2. The molecule has 114 valence electrons. The Kier molecular flexibility index (Phi) is 7.45. The average molecular weight is 279 g/mol. The van der Waals surface area contributed by atoms with Crippen LogP contribution in [0, 0.1) is 0 Å². The molecule has 0 aliphatic rings. The normalized spacial score (nSPS) is 13.8. The zero-order valence-corrected chi connectivity index (χ0v) is 13.3. The summed E-state index contributed by atoms with van der Waals surface area (Å²) >= 11 is 0. The van der Waals surface area contributed by atoms with Crippen LogP contribution in [0.3, 0.4) is 0 Å². The van der Waals surface area contributed by atoms with Gasteiger partial charge in [-0.2, -0.15) is 0 Å². The van der Waals surface area contributed by atoms with Crippen molar-refractivity contribution in [3.63, 3.8) is 0 Å². The quantitative estimate of drug-likeness (QED) is 0.740. The van der Waals surface area contributed by atoms with Gasteiger partial charge < -0.3 is 15.2 Å². The van der Waals surface area contributed by atoms with E-state index in [1.165, 1.54) is 5.56 Å². The third kappa shape index (κ3) is 4.71. The maximum atomic E-state index is 6.14. The standard InChI is InChI=1S/C17H29NO2/c1-5-10-19-16-9-8-14(13(4)15(18)7-3)12-17(16)20-11-6-2/h8-9,12-13,15H,5-7,10-11,18H2,1-4H3. The Hall–Kier alpha value is -1.22. The third-order valence-corrected chi connectivity index (χ3v) is 3.53. The lowest BCUT2D eigenvalue weighted by Gasteiger charge is -2.20. The van der Waals surface area contributed by atoms with Crippen LogP contribution in [-0.2, 0) is 0 Å². The molecule has 0 saturated carbocycles. The molecule has 0 heterocycles. The summed E-state index contributed by atoms with van der Waals surface area (Å²) in [6, 6.07) is 6.37. The first-order valence-electron chi connectivity index (χ1n) is 7.79. The Labute approximate surface area is 123 Å². The van der Waals surface area contributed by atoms with Crippen molar-refractivity contribution in [2.75, 3.05) is 13.2 Å². The number of hydrogen-bond acceptors (Lipinski definition) is 3. The fourth-order valence-corrected chi connectivity index (χ4v) is 2.06. The zero-order valence-electron chi connectivity index (χ0n) is 13.3. The van der Waals surface area contributed by atoms with Crippen LogP contribution < -0.4 is 15.2 Å². The highest BCUT2D eigenvalue weighted by atomic mass is 16.5. The average Bonchev–Trinajstić information content (AvgIpc) is 2.49. The van der Waals surface area contributed by atoms with Gasteiger partial charge in [-0.25, -0.2) is 0 Å². The van der Waals surface area contributed by atoms with Gasteiger partial charge in [-0.15, -0.1) is 0 Å². The summed E-state index contributed by atoms with van der Waals surface area (Å²) in [5.74, 6) is 2.00. The summed E-state index contributed by atoms with van der Waals surface area (Å²) < 4.78 is 11.6. The molecule has 2 N–H and O–H groups in total. The van der Waals surface area contributed by atoms with E-state index in [1.807, 2.05) is 6.07 Å². The van der Waals surface area contributed by atoms with Crippen LogP contribution in [0.4, 0.5) is 0 Å². The fraction of sp³-hybridized carbons (Fsp3) is 0.647. The highest BCUT2D eigenvalue weighted by Crippen LogP contribution is 2.32. The monoisotopic (exact) mass is 279 g/mol. The van der Waals surface area contributed by atoms with Crippen LogP contribution in [0.15, 0.2) is 18.2 Å². The number of nitrogens with two attached hydrogens (primary N) is 1. The SMILES string of the molecule is CCCOc1ccc(C(C)C(N)CC)cc1OCCC. The molecule has 1 rings (SSSR count). The Morgan fingerprint density at radius 1 is 1.00 bits per heavy atom. The lowest BCUT2D eigenvalue weighted by Crippen LogP contribution is -2.25. The van der Waals surface area contributed by atoms with Crippen LogP contribution in [-0.4, -0.2) is 19.3 Å². The van der Waals surface area contributed by atoms with E-state index in [0.29, 0.717) is 19.1 Å². The minimum atomic E-state index is 0.177. The van der Waals surface area contributed by atoms with Gasteiger partial charge in [0, 0.05) is 6.04 Å². The van der Waals surface area contributed by atoms with Crippen LogP contribution >= 0.6 is 0 Å². The van der Waals surface area contributed by atoms with Crippen molar-refractivity contribution >= 4 is 0 Å². The molecule has 0 bridgehead atoms. The molecule has 0 saturated heterocycles. The first-order chi connectivity index (χ1) is 9.63. The van der Waals surface area contributed by atoms with Crippen molar-refractivity contribution in [1.82, 2.24) is 0 Å². The topological polar surface area (TPSA) is 44.5 Å². The minimum absolute atomic E-state index is 0.177. The Morgan fingerprint density at radius 2 is 1.60 bits per heavy atom. The van der Waals surface area contributed by atoms with Gasteiger partial charge in [-0.05, 0) is 42.9 Å². The van der Waals surface area contributed by atoms with Gasteiger partial charge >= 0.3 is 0 Å². The molecule has 2 atom stereocenters. The third-order valence-electron chi connectivity index (χ3n) is 3.53. The summed E-state index contributed by atoms with van der Waals surface area (Å²) in [6.45, 7) is 9.91. The lowest BCUT2D eigenvalue weighted by atomic mass is 9.92. The molecular weight excluding hydrogens is 250 g/mol. The second kappa shape index (κ2) is 8.85. The molecule has 0 amide bonds. The van der Waals surface area contributed by atoms with Gasteiger partial charge in [0.15, 0.2) is 11.5 Å². The zero-order chi connectivity index (χ0) is 15.0. The van der Waals surface area contributed by atoms with Gasteiger partial charge in [0.05, 0.1) is 13.2 Å². The number of benzene rings is 1. The van der Waals surface area contributed by atoms with E-state index in [0.717, 1.165) is 30.8 Å². The largest absolute Gasteiger partial charge is 0.490 e. The molecule has 0 aliphatic heterocycles. The van der Waals surface area contributed by atoms with Crippen molar-refractivity contribution in [2.24, 2.45) is 5.73 Å². The summed E-state index contributed by atoms with van der Waals surface area (Å²) in [5, 5.41) is 0. The van der Waals surface area contributed by atoms with Crippen LogP contribution in [0.1, 0.15) is 58.4 Å². The first-order valence-corrected chi connectivity index (χ1v) is 7.79. The molecule has 1 aromatic carbocycles. The maximum absolute atomic E-state index is 6.14. The Morgan fingerprint density at radius 3 is 2.15 bits per heavy atom. The highest BCUT2D eigenvalue weighted by molar-refractivity contribution is 5.44. The molecular formula is C17H29NO2. The van der Waals surface area contributed by atoms with Crippen molar-refractivity contribution in [3.05, 3.63) is 23.8 Å². The van der Waals surface area contributed by atoms with E-state index in [-0.39, 0.29) is 6.04 Å². The molecule has 2 unspecified atom stereocenters. The van der Waals surface area contributed by atoms with Crippen molar-refractivity contribution in [1.29, 1.82) is 0 Å². The Bertz CT molecular complexity index is 393. The lowest BCUT2D eigenvalue weighted by molar-refractivity contribution is 0.268. The predicted octanol–water partition coefficient (Wildman–Crippen LogP) is 4.11. The fourth-order valence-electron chi connectivity index (χ4n) is 2.06.